The van der Waals surface area contributed by atoms with E-state index in [2.05, 4.69) is 10.4 Å². The average Bonchev–Trinajstić information content (AvgIpc) is 3.39. The van der Waals surface area contributed by atoms with E-state index in [1.807, 2.05) is 24.6 Å². The predicted molar refractivity (Wildman–Crippen MR) is 116 cm³/mol. The lowest BCUT2D eigenvalue weighted by molar-refractivity contribution is 0.0606. The van der Waals surface area contributed by atoms with Crippen molar-refractivity contribution in [3.05, 3.63) is 69.2 Å². The van der Waals surface area contributed by atoms with Gasteiger partial charge in [-0.25, -0.2) is 4.79 Å². The highest BCUT2D eigenvalue weighted by atomic mass is 35.5. The number of nitrogens with zero attached hydrogens (tertiary/aromatic N) is 2. The summed E-state index contributed by atoms with van der Waals surface area (Å²) in [6, 6.07) is 10.6. The summed E-state index contributed by atoms with van der Waals surface area (Å²) in [5, 5.41) is 8.28. The second kappa shape index (κ2) is 7.97. The molecule has 0 aliphatic rings. The van der Waals surface area contributed by atoms with Crippen LogP contribution in [0, 0.1) is 13.8 Å². The summed E-state index contributed by atoms with van der Waals surface area (Å²) in [4.78, 5) is 24.7. The summed E-state index contributed by atoms with van der Waals surface area (Å²) in [6.07, 6.45) is 0. The van der Waals surface area contributed by atoms with Crippen LogP contribution < -0.4 is 5.32 Å². The minimum Gasteiger partial charge on any atom is -0.465 e. The van der Waals surface area contributed by atoms with E-state index < -0.39 is 5.97 Å². The van der Waals surface area contributed by atoms with E-state index >= 15 is 0 Å². The molecule has 30 heavy (non-hydrogen) atoms. The molecule has 4 aromatic rings. The number of benzene rings is 1. The summed E-state index contributed by atoms with van der Waals surface area (Å²) in [5.74, 6) is -0.0250. The molecule has 9 heteroatoms. The van der Waals surface area contributed by atoms with Crippen molar-refractivity contribution >= 4 is 50.6 Å². The number of esters is 1. The van der Waals surface area contributed by atoms with Gasteiger partial charge in [-0.3, -0.25) is 9.48 Å². The van der Waals surface area contributed by atoms with E-state index in [9.17, 15) is 9.59 Å². The Morgan fingerprint density at radius 1 is 1.23 bits per heavy atom. The number of aryl methyl sites for hydroxylation is 2. The predicted octanol–water partition coefficient (Wildman–Crippen LogP) is 5.05. The third kappa shape index (κ3) is 3.83. The Hall–Kier alpha value is -3.10. The van der Waals surface area contributed by atoms with E-state index in [4.69, 9.17) is 20.8 Å². The number of hydrogen-bond acceptors (Lipinski definition) is 6. The van der Waals surface area contributed by atoms with Gasteiger partial charge in [-0.2, -0.15) is 5.10 Å². The topological polar surface area (TPSA) is 86.4 Å². The van der Waals surface area contributed by atoms with Crippen molar-refractivity contribution in [3.8, 4) is 0 Å². The fourth-order valence-electron chi connectivity index (χ4n) is 3.13. The molecule has 1 amide bonds. The zero-order chi connectivity index (χ0) is 21.4. The Labute approximate surface area is 181 Å². The van der Waals surface area contributed by atoms with Crippen LogP contribution in [0.5, 0.6) is 0 Å². The largest absolute Gasteiger partial charge is 0.465 e. The molecule has 0 aliphatic carbocycles. The maximum atomic E-state index is 12.6. The van der Waals surface area contributed by atoms with E-state index in [0.29, 0.717) is 27.9 Å². The standard InChI is InChI=1S/C21H18ClN3O4S/c1-11-8-12(2)25(24-11)10-14-5-7-16(29-14)20(26)23-13-4-6-15-17(9-13)30-19(18(15)22)21(27)28-3/h4-9H,10H2,1-3H3,(H,23,26). The highest BCUT2D eigenvalue weighted by Crippen LogP contribution is 2.37. The maximum Gasteiger partial charge on any atom is 0.349 e. The van der Waals surface area contributed by atoms with Crippen molar-refractivity contribution < 1.29 is 18.7 Å². The van der Waals surface area contributed by atoms with Crippen molar-refractivity contribution in [2.24, 2.45) is 0 Å². The first-order valence-corrected chi connectivity index (χ1v) is 10.3. The van der Waals surface area contributed by atoms with Crippen LogP contribution in [0.15, 0.2) is 40.8 Å². The lowest BCUT2D eigenvalue weighted by Gasteiger charge is -2.04. The number of furan rings is 1. The monoisotopic (exact) mass is 443 g/mol. The summed E-state index contributed by atoms with van der Waals surface area (Å²) in [5.41, 5.74) is 2.51. The first-order valence-electron chi connectivity index (χ1n) is 9.07. The van der Waals surface area contributed by atoms with Gasteiger partial charge in [0.2, 0.25) is 0 Å². The number of fused-ring (bicyclic) bond motifs is 1. The van der Waals surface area contributed by atoms with E-state index in [1.165, 1.54) is 18.4 Å². The maximum absolute atomic E-state index is 12.6. The lowest BCUT2D eigenvalue weighted by Crippen LogP contribution is -2.10. The number of ether oxygens (including phenoxy) is 1. The minimum absolute atomic E-state index is 0.200. The molecular formula is C21H18ClN3O4S. The van der Waals surface area contributed by atoms with Gasteiger partial charge in [-0.15, -0.1) is 11.3 Å². The molecule has 7 nitrogen and oxygen atoms in total. The molecule has 0 fully saturated rings. The zero-order valence-electron chi connectivity index (χ0n) is 16.5. The van der Waals surface area contributed by atoms with Crippen LogP contribution in [0.2, 0.25) is 5.02 Å². The van der Waals surface area contributed by atoms with Gasteiger partial charge in [-0.1, -0.05) is 11.6 Å². The normalized spacial score (nSPS) is 11.1. The van der Waals surface area contributed by atoms with Crippen LogP contribution >= 0.6 is 22.9 Å². The summed E-state index contributed by atoms with van der Waals surface area (Å²) in [7, 11) is 1.31. The molecule has 0 spiro atoms. The van der Waals surface area contributed by atoms with Crippen LogP contribution in [0.4, 0.5) is 5.69 Å². The third-order valence-corrected chi connectivity index (χ3v) is 6.19. The minimum atomic E-state index is -0.488. The van der Waals surface area contributed by atoms with Gasteiger partial charge in [-0.05, 0) is 50.2 Å². The van der Waals surface area contributed by atoms with Crippen molar-refractivity contribution in [2.45, 2.75) is 20.4 Å². The smallest absolute Gasteiger partial charge is 0.349 e. The van der Waals surface area contributed by atoms with Gasteiger partial charge in [0.05, 0.1) is 24.4 Å². The first-order chi connectivity index (χ1) is 14.4. The molecular weight excluding hydrogens is 426 g/mol. The van der Waals surface area contributed by atoms with E-state index in [-0.39, 0.29) is 11.7 Å². The van der Waals surface area contributed by atoms with Crippen LogP contribution in [-0.2, 0) is 11.3 Å². The number of anilines is 1. The van der Waals surface area contributed by atoms with Crippen LogP contribution in [0.1, 0.15) is 37.4 Å². The second-order valence-corrected chi connectivity index (χ2v) is 8.18. The number of halogens is 1. The molecule has 0 atom stereocenters. The van der Waals surface area contributed by atoms with Gasteiger partial charge < -0.3 is 14.5 Å². The van der Waals surface area contributed by atoms with Crippen LogP contribution in [0.3, 0.4) is 0 Å². The number of nitrogens with one attached hydrogen (secondary N) is 1. The second-order valence-electron chi connectivity index (χ2n) is 6.75. The highest BCUT2D eigenvalue weighted by Gasteiger charge is 2.19. The quantitative estimate of drug-likeness (QED) is 0.436. The van der Waals surface area contributed by atoms with Gasteiger partial charge in [0.15, 0.2) is 5.76 Å². The Morgan fingerprint density at radius 3 is 2.73 bits per heavy atom. The Kier molecular flexibility index (Phi) is 5.36. The van der Waals surface area contributed by atoms with Gasteiger partial charge >= 0.3 is 5.97 Å². The van der Waals surface area contributed by atoms with Crippen molar-refractivity contribution in [3.63, 3.8) is 0 Å². The molecule has 0 saturated carbocycles. The van der Waals surface area contributed by atoms with Gasteiger partial charge in [0.1, 0.15) is 10.6 Å². The molecule has 3 heterocycles. The number of methoxy groups -OCH3 is 1. The van der Waals surface area contributed by atoms with Crippen LogP contribution in [-0.4, -0.2) is 28.8 Å². The fraction of sp³-hybridized carbons (Fsp3) is 0.190. The third-order valence-electron chi connectivity index (χ3n) is 4.55. The van der Waals surface area contributed by atoms with Crippen LogP contribution in [0.25, 0.3) is 10.1 Å². The molecule has 0 aliphatic heterocycles. The average molecular weight is 444 g/mol. The summed E-state index contributed by atoms with van der Waals surface area (Å²) < 4.78 is 13.0. The highest BCUT2D eigenvalue weighted by molar-refractivity contribution is 7.21. The number of thiophene rings is 1. The van der Waals surface area contributed by atoms with Crippen molar-refractivity contribution in [1.82, 2.24) is 9.78 Å². The van der Waals surface area contributed by atoms with E-state index in [0.717, 1.165) is 21.5 Å². The fourth-order valence-corrected chi connectivity index (χ4v) is 4.59. The summed E-state index contributed by atoms with van der Waals surface area (Å²) in [6.45, 7) is 4.34. The number of carbonyl (C=O) groups is 2. The molecule has 1 N–H and O–H groups in total. The van der Waals surface area contributed by atoms with E-state index in [1.54, 1.807) is 30.3 Å². The Bertz CT molecular complexity index is 1270. The Morgan fingerprint density at radius 2 is 2.03 bits per heavy atom. The van der Waals surface area contributed by atoms with Crippen molar-refractivity contribution in [2.75, 3.05) is 12.4 Å². The molecule has 4 rings (SSSR count). The molecule has 3 aromatic heterocycles. The number of carbonyl (C=O) groups excluding carboxylic acids is 2. The number of aromatic nitrogens is 2. The Balaban J connectivity index is 1.51. The summed E-state index contributed by atoms with van der Waals surface area (Å²) >= 11 is 7.48. The first kappa shape index (κ1) is 20.2. The molecule has 0 bridgehead atoms. The molecule has 0 radical (unpaired) electrons. The SMILES string of the molecule is COC(=O)c1sc2cc(NC(=O)c3ccc(Cn4nc(C)cc4C)o3)ccc2c1Cl. The molecule has 154 valence electrons. The van der Waals surface area contributed by atoms with Gasteiger partial charge in [0.25, 0.3) is 5.91 Å². The lowest BCUT2D eigenvalue weighted by atomic mass is 10.2. The molecule has 0 unspecified atom stereocenters. The molecule has 1 aromatic carbocycles. The number of amides is 1. The van der Waals surface area contributed by atoms with Crippen molar-refractivity contribution in [1.29, 1.82) is 0 Å². The molecule has 0 saturated heterocycles. The van der Waals surface area contributed by atoms with Gasteiger partial charge in [0, 0.05) is 21.5 Å². The number of rotatable bonds is 5. The zero-order valence-corrected chi connectivity index (χ0v) is 18.1. The number of hydrogen-bond donors (Lipinski definition) is 1.